The maximum absolute atomic E-state index is 13.8. The Balaban J connectivity index is 1.84. The molecule has 39 heavy (non-hydrogen) atoms. The average Bonchev–Trinajstić information content (AvgIpc) is 2.86. The van der Waals surface area contributed by atoms with Gasteiger partial charge in [0.05, 0.1) is 12.1 Å². The Hall–Kier alpha value is -2.88. The fraction of sp³-hybridized carbons (Fsp3) is 0.533. The Bertz CT molecular complexity index is 1120. The number of nitrogens with one attached hydrogen (secondary N) is 3. The molecule has 0 bridgehead atoms. The van der Waals surface area contributed by atoms with Crippen LogP contribution >= 0.6 is 0 Å². The third-order valence-electron chi connectivity index (χ3n) is 7.51. The number of benzene rings is 2. The van der Waals surface area contributed by atoms with Gasteiger partial charge in [0.1, 0.15) is 18.2 Å². The van der Waals surface area contributed by atoms with E-state index in [-0.39, 0.29) is 30.3 Å². The normalized spacial score (nSPS) is 21.2. The zero-order valence-corrected chi connectivity index (χ0v) is 23.2. The Morgan fingerprint density at radius 3 is 2.28 bits per heavy atom. The summed E-state index contributed by atoms with van der Waals surface area (Å²) < 4.78 is 27.6. The number of carbonyl (C=O) groups is 2. The highest BCUT2D eigenvalue weighted by atomic mass is 19.1. The smallest absolute Gasteiger partial charge is 0.245 e. The molecule has 2 aromatic rings. The topological polar surface area (TPSA) is 111 Å². The van der Waals surface area contributed by atoms with Gasteiger partial charge in [0.2, 0.25) is 11.8 Å². The van der Waals surface area contributed by atoms with E-state index in [1.165, 1.54) is 24.6 Å². The van der Waals surface area contributed by atoms with Gasteiger partial charge in [0.25, 0.3) is 0 Å². The van der Waals surface area contributed by atoms with Crippen LogP contribution in [0.5, 0.6) is 0 Å². The van der Waals surface area contributed by atoms with Gasteiger partial charge in [-0.3, -0.25) is 9.59 Å². The monoisotopic (exact) mass is 545 g/mol. The van der Waals surface area contributed by atoms with Crippen molar-refractivity contribution < 1.29 is 28.6 Å². The third kappa shape index (κ3) is 8.55. The van der Waals surface area contributed by atoms with Gasteiger partial charge in [0, 0.05) is 31.1 Å². The van der Waals surface area contributed by atoms with Crippen molar-refractivity contribution in [3.05, 3.63) is 70.8 Å². The van der Waals surface area contributed by atoms with Gasteiger partial charge in [-0.2, -0.15) is 0 Å². The first kappa shape index (κ1) is 30.7. The lowest BCUT2D eigenvalue weighted by Crippen LogP contribution is -2.54. The molecule has 0 radical (unpaired) electrons. The SMILES string of the molecule is CC(=O)NC(Cc1cc(F)cc(F)c1)C(O)CNC1(c2cccc(C(C)(C)C)c2)CCC(NC(=O)CO)CC1. The van der Waals surface area contributed by atoms with Gasteiger partial charge in [-0.05, 0) is 66.3 Å². The molecular weight excluding hydrogens is 504 g/mol. The van der Waals surface area contributed by atoms with E-state index in [1.54, 1.807) is 0 Å². The minimum absolute atomic E-state index is 0.0544. The molecule has 1 aliphatic carbocycles. The zero-order chi connectivity index (χ0) is 28.8. The number of aliphatic hydroxyl groups excluding tert-OH is 2. The van der Waals surface area contributed by atoms with E-state index in [0.29, 0.717) is 31.2 Å². The van der Waals surface area contributed by atoms with Gasteiger partial charge in [-0.15, -0.1) is 0 Å². The van der Waals surface area contributed by atoms with Crippen molar-refractivity contribution in [2.24, 2.45) is 0 Å². The van der Waals surface area contributed by atoms with Crippen molar-refractivity contribution in [2.75, 3.05) is 13.2 Å². The lowest BCUT2D eigenvalue weighted by atomic mass is 9.73. The number of carbonyl (C=O) groups excluding carboxylic acids is 2. The summed E-state index contributed by atoms with van der Waals surface area (Å²) in [4.78, 5) is 23.7. The van der Waals surface area contributed by atoms with Crippen molar-refractivity contribution in [3.8, 4) is 0 Å². The summed E-state index contributed by atoms with van der Waals surface area (Å²) in [7, 11) is 0. The molecule has 9 heteroatoms. The van der Waals surface area contributed by atoms with Gasteiger partial charge < -0.3 is 26.2 Å². The maximum Gasteiger partial charge on any atom is 0.245 e. The van der Waals surface area contributed by atoms with Crippen molar-refractivity contribution in [1.29, 1.82) is 0 Å². The summed E-state index contributed by atoms with van der Waals surface area (Å²) in [6.45, 7) is 7.33. The second-order valence-corrected chi connectivity index (χ2v) is 11.6. The second-order valence-electron chi connectivity index (χ2n) is 11.6. The number of halogens is 2. The Morgan fingerprint density at radius 1 is 1.08 bits per heavy atom. The van der Waals surface area contributed by atoms with Gasteiger partial charge >= 0.3 is 0 Å². The molecule has 7 nitrogen and oxygen atoms in total. The minimum Gasteiger partial charge on any atom is -0.390 e. The van der Waals surface area contributed by atoms with E-state index in [4.69, 9.17) is 5.11 Å². The van der Waals surface area contributed by atoms with Crippen LogP contribution in [0.4, 0.5) is 8.78 Å². The fourth-order valence-electron chi connectivity index (χ4n) is 5.35. The van der Waals surface area contributed by atoms with Crippen LogP contribution in [0.15, 0.2) is 42.5 Å². The minimum atomic E-state index is -1.05. The van der Waals surface area contributed by atoms with E-state index in [2.05, 4.69) is 54.9 Å². The first-order valence-electron chi connectivity index (χ1n) is 13.5. The zero-order valence-electron chi connectivity index (χ0n) is 23.2. The highest BCUT2D eigenvalue weighted by Gasteiger charge is 2.38. The van der Waals surface area contributed by atoms with Crippen LogP contribution in [0, 0.1) is 11.6 Å². The van der Waals surface area contributed by atoms with Gasteiger partial charge in [-0.25, -0.2) is 8.78 Å². The molecule has 0 heterocycles. The summed E-state index contributed by atoms with van der Waals surface area (Å²) in [6, 6.07) is 10.7. The summed E-state index contributed by atoms with van der Waals surface area (Å²) in [5.74, 6) is -2.20. The molecule has 214 valence electrons. The van der Waals surface area contributed by atoms with E-state index in [9.17, 15) is 23.5 Å². The van der Waals surface area contributed by atoms with E-state index < -0.39 is 41.8 Å². The Morgan fingerprint density at radius 2 is 1.72 bits per heavy atom. The quantitative estimate of drug-likeness (QED) is 0.315. The van der Waals surface area contributed by atoms with Crippen LogP contribution in [-0.4, -0.2) is 53.4 Å². The summed E-state index contributed by atoms with van der Waals surface area (Å²) >= 11 is 0. The van der Waals surface area contributed by atoms with E-state index in [1.807, 2.05) is 6.07 Å². The molecule has 0 aromatic heterocycles. The predicted molar refractivity (Wildman–Crippen MR) is 146 cm³/mol. The largest absolute Gasteiger partial charge is 0.390 e. The first-order chi connectivity index (χ1) is 18.3. The number of hydrogen-bond acceptors (Lipinski definition) is 5. The Labute approximate surface area is 229 Å². The van der Waals surface area contributed by atoms with Crippen molar-refractivity contribution in [3.63, 3.8) is 0 Å². The summed E-state index contributed by atoms with van der Waals surface area (Å²) in [5, 5.41) is 29.5. The maximum atomic E-state index is 13.8. The van der Waals surface area contributed by atoms with Crippen LogP contribution in [0.2, 0.25) is 0 Å². The first-order valence-corrected chi connectivity index (χ1v) is 13.5. The van der Waals surface area contributed by atoms with Crippen LogP contribution in [0.1, 0.15) is 70.1 Å². The molecule has 2 aromatic carbocycles. The lowest BCUT2D eigenvalue weighted by Gasteiger charge is -2.43. The van der Waals surface area contributed by atoms with Crippen LogP contribution < -0.4 is 16.0 Å². The molecule has 0 spiro atoms. The van der Waals surface area contributed by atoms with Gasteiger partial charge in [-0.1, -0.05) is 45.0 Å². The lowest BCUT2D eigenvalue weighted by molar-refractivity contribution is -0.125. The molecule has 3 rings (SSSR count). The molecule has 2 amide bonds. The molecule has 2 atom stereocenters. The van der Waals surface area contributed by atoms with Crippen molar-refractivity contribution in [2.45, 2.75) is 88.9 Å². The van der Waals surface area contributed by atoms with E-state index in [0.717, 1.165) is 11.6 Å². The van der Waals surface area contributed by atoms with E-state index >= 15 is 0 Å². The summed E-state index contributed by atoms with van der Waals surface area (Å²) in [5.41, 5.74) is 1.99. The molecule has 2 unspecified atom stereocenters. The predicted octanol–water partition coefficient (Wildman–Crippen LogP) is 3.21. The molecule has 1 fully saturated rings. The van der Waals surface area contributed by atoms with Crippen molar-refractivity contribution >= 4 is 11.8 Å². The number of rotatable bonds is 10. The standard InChI is InChI=1S/C30H41F2N3O4/c1-19(37)34-26(14-20-12-23(31)16-24(32)13-20)27(38)17-33-30(10-8-25(9-11-30)35-28(39)18-36)22-7-5-6-21(15-22)29(2,3)4/h5-7,12-13,15-16,25-27,33,36,38H,8-11,14,17-18H2,1-4H3,(H,34,37)(H,35,39). The summed E-state index contributed by atoms with van der Waals surface area (Å²) in [6.07, 6.45) is 1.69. The fourth-order valence-corrected chi connectivity index (χ4v) is 5.35. The Kier molecular flexibility index (Phi) is 10.2. The molecule has 5 N–H and O–H groups in total. The molecule has 1 aliphatic rings. The highest BCUT2D eigenvalue weighted by Crippen LogP contribution is 2.39. The number of amides is 2. The number of hydrogen-bond donors (Lipinski definition) is 5. The molecule has 1 saturated carbocycles. The number of aliphatic hydroxyl groups is 2. The molecule has 0 aliphatic heterocycles. The van der Waals surface area contributed by atoms with Crippen LogP contribution in [0.25, 0.3) is 0 Å². The molecular formula is C30H41F2N3O4. The highest BCUT2D eigenvalue weighted by molar-refractivity contribution is 5.77. The van der Waals surface area contributed by atoms with Gasteiger partial charge in [0.15, 0.2) is 0 Å². The van der Waals surface area contributed by atoms with Crippen LogP contribution in [0.3, 0.4) is 0 Å². The second kappa shape index (κ2) is 13.0. The average molecular weight is 546 g/mol. The third-order valence-corrected chi connectivity index (χ3v) is 7.51. The van der Waals surface area contributed by atoms with Crippen LogP contribution in [-0.2, 0) is 27.0 Å². The van der Waals surface area contributed by atoms with Crippen molar-refractivity contribution in [1.82, 2.24) is 16.0 Å². The molecule has 0 saturated heterocycles.